The van der Waals surface area contributed by atoms with Gasteiger partial charge in [0.2, 0.25) is 0 Å². The van der Waals surface area contributed by atoms with Gasteiger partial charge in [-0.25, -0.2) is 0 Å². The quantitative estimate of drug-likeness (QED) is 0.854. The molecule has 0 atom stereocenters. The van der Waals surface area contributed by atoms with E-state index < -0.39 is 0 Å². The zero-order valence-electron chi connectivity index (χ0n) is 13.5. The van der Waals surface area contributed by atoms with Gasteiger partial charge in [-0.1, -0.05) is 19.1 Å². The van der Waals surface area contributed by atoms with E-state index in [9.17, 15) is 4.79 Å². The average molecular weight is 301 g/mol. The number of amides is 1. The fourth-order valence-corrected chi connectivity index (χ4v) is 3.76. The summed E-state index contributed by atoms with van der Waals surface area (Å²) in [5.74, 6) is 0.968. The van der Waals surface area contributed by atoms with E-state index >= 15 is 0 Å². The second-order valence-electron chi connectivity index (χ2n) is 6.83. The van der Waals surface area contributed by atoms with Crippen LogP contribution in [0, 0.1) is 5.92 Å². The summed E-state index contributed by atoms with van der Waals surface area (Å²) in [5, 5.41) is 0. The second kappa shape index (κ2) is 6.69. The number of carbonyl (C=O) groups is 1. The lowest BCUT2D eigenvalue weighted by molar-refractivity contribution is 0.0502. The molecule has 1 heterocycles. The number of nitrogens with zero attached hydrogens (tertiary/aromatic N) is 2. The summed E-state index contributed by atoms with van der Waals surface area (Å²) >= 11 is 0. The molecule has 2 aliphatic rings. The van der Waals surface area contributed by atoms with Gasteiger partial charge in [-0.15, -0.1) is 0 Å². The Balaban J connectivity index is 1.55. The van der Waals surface area contributed by atoms with Gasteiger partial charge in [-0.2, -0.15) is 0 Å². The van der Waals surface area contributed by atoms with Crippen molar-refractivity contribution in [1.29, 1.82) is 0 Å². The average Bonchev–Trinajstić information content (AvgIpc) is 2.56. The van der Waals surface area contributed by atoms with Gasteiger partial charge in [0, 0.05) is 37.9 Å². The Labute approximate surface area is 133 Å². The molecule has 1 aliphatic heterocycles. The Morgan fingerprint density at radius 2 is 1.68 bits per heavy atom. The molecule has 4 nitrogen and oxygen atoms in total. The van der Waals surface area contributed by atoms with Crippen molar-refractivity contribution in [2.24, 2.45) is 5.92 Å². The predicted molar refractivity (Wildman–Crippen MR) is 89.8 cm³/mol. The third-order valence-electron chi connectivity index (χ3n) is 5.29. The Hall–Kier alpha value is -1.55. The highest BCUT2D eigenvalue weighted by atomic mass is 16.2. The van der Waals surface area contributed by atoms with Crippen LogP contribution >= 0.6 is 0 Å². The number of benzene rings is 1. The fraction of sp³-hybridized carbons (Fsp3) is 0.611. The maximum atomic E-state index is 12.6. The minimum atomic E-state index is 0.0787. The third kappa shape index (κ3) is 3.27. The summed E-state index contributed by atoms with van der Waals surface area (Å²) in [6.45, 7) is 5.99. The van der Waals surface area contributed by atoms with Crippen LogP contribution < -0.4 is 5.73 Å². The molecule has 0 unspecified atom stereocenters. The number of carbonyl (C=O) groups excluding carboxylic acids is 1. The predicted octanol–water partition coefficient (Wildman–Crippen LogP) is 2.61. The van der Waals surface area contributed by atoms with Crippen LogP contribution in [0.5, 0.6) is 0 Å². The lowest BCUT2D eigenvalue weighted by Gasteiger charge is -2.41. The van der Waals surface area contributed by atoms with Crippen molar-refractivity contribution < 1.29 is 4.79 Å². The van der Waals surface area contributed by atoms with Gasteiger partial charge in [0.25, 0.3) is 5.91 Å². The molecule has 0 bridgehead atoms. The molecule has 120 valence electrons. The summed E-state index contributed by atoms with van der Waals surface area (Å²) in [6, 6.07) is 8.10. The topological polar surface area (TPSA) is 49.6 Å². The summed E-state index contributed by atoms with van der Waals surface area (Å²) in [5.41, 5.74) is 7.15. The second-order valence-corrected chi connectivity index (χ2v) is 6.83. The van der Waals surface area contributed by atoms with Gasteiger partial charge in [-0.3, -0.25) is 9.69 Å². The lowest BCUT2D eigenvalue weighted by atomic mass is 9.86. The minimum Gasteiger partial charge on any atom is -0.398 e. The van der Waals surface area contributed by atoms with E-state index in [1.807, 2.05) is 23.1 Å². The van der Waals surface area contributed by atoms with Gasteiger partial charge >= 0.3 is 0 Å². The van der Waals surface area contributed by atoms with Crippen molar-refractivity contribution in [1.82, 2.24) is 9.80 Å². The van der Waals surface area contributed by atoms with Crippen LogP contribution in [0.15, 0.2) is 24.3 Å². The highest BCUT2D eigenvalue weighted by Gasteiger charge is 2.29. The highest BCUT2D eigenvalue weighted by Crippen LogP contribution is 2.28. The first-order valence-electron chi connectivity index (χ1n) is 8.53. The number of piperazine rings is 1. The summed E-state index contributed by atoms with van der Waals surface area (Å²) < 4.78 is 0. The van der Waals surface area contributed by atoms with E-state index in [2.05, 4.69) is 11.8 Å². The molecule has 1 aliphatic carbocycles. The summed E-state index contributed by atoms with van der Waals surface area (Å²) in [4.78, 5) is 17.1. The van der Waals surface area contributed by atoms with Gasteiger partial charge < -0.3 is 10.6 Å². The standard InChI is InChI=1S/C18H27N3O/c1-14-6-8-15(9-7-14)20-10-12-21(13-11-20)18(22)16-4-2-3-5-17(16)19/h2-5,14-15H,6-13,19H2,1H3. The van der Waals surface area contributed by atoms with Crippen molar-refractivity contribution in [3.63, 3.8) is 0 Å². The first kappa shape index (κ1) is 15.3. The monoisotopic (exact) mass is 301 g/mol. The number of nitrogen functional groups attached to an aromatic ring is 1. The summed E-state index contributed by atoms with van der Waals surface area (Å²) in [6.07, 6.45) is 5.34. The van der Waals surface area contributed by atoms with E-state index in [4.69, 9.17) is 5.73 Å². The molecular weight excluding hydrogens is 274 g/mol. The van der Waals surface area contributed by atoms with Crippen LogP contribution in [0.4, 0.5) is 5.69 Å². The van der Waals surface area contributed by atoms with E-state index in [1.165, 1.54) is 25.7 Å². The molecule has 0 radical (unpaired) electrons. The van der Waals surface area contributed by atoms with Gasteiger partial charge in [0.15, 0.2) is 0 Å². The van der Waals surface area contributed by atoms with Gasteiger partial charge in [-0.05, 0) is 43.7 Å². The molecule has 2 fully saturated rings. The Bertz CT molecular complexity index is 515. The van der Waals surface area contributed by atoms with Crippen molar-refractivity contribution >= 4 is 11.6 Å². The Morgan fingerprint density at radius 3 is 2.32 bits per heavy atom. The van der Waals surface area contributed by atoms with Crippen LogP contribution in [0.2, 0.25) is 0 Å². The first-order valence-corrected chi connectivity index (χ1v) is 8.53. The van der Waals surface area contributed by atoms with Crippen molar-refractivity contribution in [3.05, 3.63) is 29.8 Å². The number of para-hydroxylation sites is 1. The van der Waals surface area contributed by atoms with Crippen LogP contribution in [0.25, 0.3) is 0 Å². The molecule has 0 spiro atoms. The molecule has 1 aromatic carbocycles. The van der Waals surface area contributed by atoms with Gasteiger partial charge in [0.05, 0.1) is 5.56 Å². The molecular formula is C18H27N3O. The summed E-state index contributed by atoms with van der Waals surface area (Å²) in [7, 11) is 0. The SMILES string of the molecule is CC1CCC(N2CCN(C(=O)c3ccccc3N)CC2)CC1. The van der Waals surface area contributed by atoms with Crippen LogP contribution in [0.3, 0.4) is 0 Å². The van der Waals surface area contributed by atoms with E-state index in [-0.39, 0.29) is 5.91 Å². The molecule has 2 N–H and O–H groups in total. The Kier molecular flexibility index (Phi) is 4.67. The van der Waals surface area contributed by atoms with Crippen LogP contribution in [-0.2, 0) is 0 Å². The molecule has 1 aromatic rings. The van der Waals surface area contributed by atoms with Crippen LogP contribution in [0.1, 0.15) is 43.0 Å². The van der Waals surface area contributed by atoms with E-state index in [0.29, 0.717) is 11.3 Å². The van der Waals surface area contributed by atoms with Crippen molar-refractivity contribution in [3.8, 4) is 0 Å². The largest absolute Gasteiger partial charge is 0.398 e. The van der Waals surface area contributed by atoms with E-state index in [0.717, 1.165) is 38.1 Å². The first-order chi connectivity index (χ1) is 10.6. The molecule has 3 rings (SSSR count). The van der Waals surface area contributed by atoms with Gasteiger partial charge in [0.1, 0.15) is 0 Å². The Morgan fingerprint density at radius 1 is 1.05 bits per heavy atom. The maximum Gasteiger partial charge on any atom is 0.256 e. The smallest absolute Gasteiger partial charge is 0.256 e. The molecule has 0 aromatic heterocycles. The number of rotatable bonds is 2. The van der Waals surface area contributed by atoms with E-state index in [1.54, 1.807) is 6.07 Å². The van der Waals surface area contributed by atoms with Crippen molar-refractivity contribution in [2.45, 2.75) is 38.6 Å². The molecule has 4 heteroatoms. The normalized spacial score (nSPS) is 26.9. The minimum absolute atomic E-state index is 0.0787. The zero-order chi connectivity index (χ0) is 15.5. The number of anilines is 1. The molecule has 1 saturated heterocycles. The molecule has 1 saturated carbocycles. The number of nitrogens with two attached hydrogens (primary N) is 1. The number of hydrogen-bond acceptors (Lipinski definition) is 3. The van der Waals surface area contributed by atoms with Crippen molar-refractivity contribution in [2.75, 3.05) is 31.9 Å². The zero-order valence-corrected chi connectivity index (χ0v) is 13.5. The third-order valence-corrected chi connectivity index (χ3v) is 5.29. The number of hydrogen-bond donors (Lipinski definition) is 1. The lowest BCUT2D eigenvalue weighted by Crippen LogP contribution is -2.52. The molecule has 22 heavy (non-hydrogen) atoms. The maximum absolute atomic E-state index is 12.6. The van der Waals surface area contributed by atoms with Crippen LogP contribution in [-0.4, -0.2) is 47.9 Å². The fourth-order valence-electron chi connectivity index (χ4n) is 3.76. The highest BCUT2D eigenvalue weighted by molar-refractivity contribution is 5.99. The molecule has 1 amide bonds.